The van der Waals surface area contributed by atoms with Crippen molar-refractivity contribution in [1.29, 1.82) is 0 Å². The third-order valence-corrected chi connectivity index (χ3v) is 7.88. The second kappa shape index (κ2) is 11.8. The molecular formula is C34H39NO2. The molecule has 0 unspecified atom stereocenters. The molecule has 1 aliphatic heterocycles. The lowest BCUT2D eigenvalue weighted by Crippen LogP contribution is -2.33. The smallest absolute Gasteiger partial charge is 0.119 e. The maximum atomic E-state index is 6.09. The molecule has 4 aromatic rings. The highest BCUT2D eigenvalue weighted by Crippen LogP contribution is 2.36. The van der Waals surface area contributed by atoms with E-state index < -0.39 is 0 Å². The second-order valence-corrected chi connectivity index (χ2v) is 10.2. The fourth-order valence-electron chi connectivity index (χ4n) is 5.68. The van der Waals surface area contributed by atoms with Gasteiger partial charge in [-0.1, -0.05) is 61.9 Å². The molecule has 3 nitrogen and oxygen atoms in total. The van der Waals surface area contributed by atoms with Gasteiger partial charge < -0.3 is 9.47 Å². The maximum absolute atomic E-state index is 6.09. The highest BCUT2D eigenvalue weighted by molar-refractivity contribution is 5.93. The van der Waals surface area contributed by atoms with Gasteiger partial charge in [0.25, 0.3) is 0 Å². The summed E-state index contributed by atoms with van der Waals surface area (Å²) in [5.74, 6) is 1.84. The predicted octanol–water partition coefficient (Wildman–Crippen LogP) is 7.84. The van der Waals surface area contributed by atoms with Gasteiger partial charge in [0.1, 0.15) is 18.1 Å². The van der Waals surface area contributed by atoms with E-state index in [1.165, 1.54) is 76.5 Å². The molecule has 0 atom stereocenters. The minimum Gasteiger partial charge on any atom is -0.497 e. The van der Waals surface area contributed by atoms with E-state index in [9.17, 15) is 0 Å². The van der Waals surface area contributed by atoms with Gasteiger partial charge in [-0.15, -0.1) is 0 Å². The molecule has 0 bridgehead atoms. The van der Waals surface area contributed by atoms with Crippen LogP contribution in [0, 0.1) is 6.92 Å². The third-order valence-electron chi connectivity index (χ3n) is 7.88. The molecule has 0 saturated carbocycles. The first-order chi connectivity index (χ1) is 18.2. The van der Waals surface area contributed by atoms with Crippen LogP contribution in [-0.2, 0) is 12.8 Å². The van der Waals surface area contributed by atoms with E-state index in [4.69, 9.17) is 9.47 Å². The molecule has 37 heavy (non-hydrogen) atoms. The highest BCUT2D eigenvalue weighted by atomic mass is 16.5. The molecule has 3 heteroatoms. The van der Waals surface area contributed by atoms with Crippen molar-refractivity contribution in [3.63, 3.8) is 0 Å². The zero-order valence-electron chi connectivity index (χ0n) is 22.6. The summed E-state index contributed by atoms with van der Waals surface area (Å²) in [6.45, 7) is 8.68. The van der Waals surface area contributed by atoms with Crippen LogP contribution in [0.25, 0.3) is 21.9 Å². The summed E-state index contributed by atoms with van der Waals surface area (Å²) in [5, 5.41) is 2.49. The Bertz CT molecular complexity index is 1340. The number of likely N-dealkylation sites (tertiary alicyclic amines) is 1. The number of ether oxygens (including phenoxy) is 2. The number of nitrogens with zero attached hydrogens (tertiary/aromatic N) is 1. The molecule has 1 saturated heterocycles. The Kier molecular flexibility index (Phi) is 8.11. The zero-order chi connectivity index (χ0) is 25.6. The Morgan fingerprint density at radius 1 is 0.811 bits per heavy atom. The Morgan fingerprint density at radius 2 is 1.59 bits per heavy atom. The van der Waals surface area contributed by atoms with Crippen molar-refractivity contribution in [1.82, 2.24) is 4.90 Å². The van der Waals surface area contributed by atoms with Crippen molar-refractivity contribution in [2.24, 2.45) is 0 Å². The highest BCUT2D eigenvalue weighted by Gasteiger charge is 2.15. The van der Waals surface area contributed by atoms with Crippen LogP contribution in [0.5, 0.6) is 11.5 Å². The second-order valence-electron chi connectivity index (χ2n) is 10.2. The molecule has 4 aromatic carbocycles. The van der Waals surface area contributed by atoms with Crippen LogP contribution in [0.4, 0.5) is 0 Å². The lowest BCUT2D eigenvalue weighted by atomic mass is 9.87. The van der Waals surface area contributed by atoms with Crippen LogP contribution in [0.15, 0.2) is 72.8 Å². The van der Waals surface area contributed by atoms with E-state index in [0.717, 1.165) is 37.5 Å². The summed E-state index contributed by atoms with van der Waals surface area (Å²) in [7, 11) is 1.73. The lowest BCUT2D eigenvalue weighted by molar-refractivity contribution is 0.183. The molecular weight excluding hydrogens is 454 g/mol. The van der Waals surface area contributed by atoms with E-state index in [2.05, 4.69) is 91.5 Å². The standard InChI is InChI=1S/C34H39NO2/c1-4-27-9-8-10-31(25(27)2)33-17-13-28-24-30(36-3)16-18-32(28)34(33)23-26-11-14-29(15-12-26)37-22-21-35-19-6-5-7-20-35/h8-18,24H,4-7,19-23H2,1-3H3. The minimum absolute atomic E-state index is 0.752. The SMILES string of the molecule is CCc1cccc(-c2ccc3cc(OC)ccc3c2Cc2ccc(OCCN3CCCCC3)cc2)c1C. The van der Waals surface area contributed by atoms with Gasteiger partial charge in [-0.25, -0.2) is 0 Å². The van der Waals surface area contributed by atoms with E-state index in [-0.39, 0.29) is 0 Å². The van der Waals surface area contributed by atoms with Gasteiger partial charge in [0.15, 0.2) is 0 Å². The Balaban J connectivity index is 1.42. The number of fused-ring (bicyclic) bond motifs is 1. The Hall–Kier alpha value is -3.30. The topological polar surface area (TPSA) is 21.7 Å². The molecule has 1 aliphatic rings. The first-order valence-electron chi connectivity index (χ1n) is 13.8. The minimum atomic E-state index is 0.752. The van der Waals surface area contributed by atoms with Crippen LogP contribution in [0.3, 0.4) is 0 Å². The maximum Gasteiger partial charge on any atom is 0.119 e. The van der Waals surface area contributed by atoms with Crippen LogP contribution >= 0.6 is 0 Å². The van der Waals surface area contributed by atoms with Crippen molar-refractivity contribution in [3.05, 3.63) is 95.1 Å². The lowest BCUT2D eigenvalue weighted by Gasteiger charge is -2.26. The molecule has 0 spiro atoms. The van der Waals surface area contributed by atoms with Gasteiger partial charge in [0.05, 0.1) is 7.11 Å². The molecule has 1 heterocycles. The molecule has 0 aliphatic carbocycles. The average molecular weight is 494 g/mol. The molecule has 0 radical (unpaired) electrons. The largest absolute Gasteiger partial charge is 0.497 e. The normalized spacial score (nSPS) is 14.1. The van der Waals surface area contributed by atoms with Crippen molar-refractivity contribution in [2.45, 2.75) is 46.0 Å². The fourth-order valence-corrected chi connectivity index (χ4v) is 5.68. The number of benzene rings is 4. The number of piperidine rings is 1. The summed E-state index contributed by atoms with van der Waals surface area (Å²) < 4.78 is 11.6. The Labute approximate surface area is 222 Å². The van der Waals surface area contributed by atoms with Gasteiger partial charge in [-0.05, 0) is 114 Å². The number of hydrogen-bond acceptors (Lipinski definition) is 3. The van der Waals surface area contributed by atoms with Crippen LogP contribution in [-0.4, -0.2) is 38.3 Å². The number of rotatable bonds is 9. The number of hydrogen-bond donors (Lipinski definition) is 0. The van der Waals surface area contributed by atoms with E-state index >= 15 is 0 Å². The van der Waals surface area contributed by atoms with Gasteiger partial charge in [-0.3, -0.25) is 4.90 Å². The summed E-state index contributed by atoms with van der Waals surface area (Å²) in [5.41, 5.74) is 8.06. The Morgan fingerprint density at radius 3 is 2.35 bits per heavy atom. The van der Waals surface area contributed by atoms with E-state index in [1.807, 2.05) is 0 Å². The van der Waals surface area contributed by atoms with E-state index in [0.29, 0.717) is 0 Å². The molecule has 0 amide bonds. The quantitative estimate of drug-likeness (QED) is 0.237. The summed E-state index contributed by atoms with van der Waals surface area (Å²) in [6.07, 6.45) is 5.91. The summed E-state index contributed by atoms with van der Waals surface area (Å²) in [6, 6.07) is 26.3. The fraction of sp³-hybridized carbons (Fsp3) is 0.353. The summed E-state index contributed by atoms with van der Waals surface area (Å²) in [4.78, 5) is 2.52. The first kappa shape index (κ1) is 25.4. The van der Waals surface area contributed by atoms with E-state index in [1.54, 1.807) is 7.11 Å². The first-order valence-corrected chi connectivity index (χ1v) is 13.8. The average Bonchev–Trinajstić information content (AvgIpc) is 2.95. The summed E-state index contributed by atoms with van der Waals surface area (Å²) >= 11 is 0. The third kappa shape index (κ3) is 5.83. The van der Waals surface area contributed by atoms with Gasteiger partial charge >= 0.3 is 0 Å². The number of methoxy groups -OCH3 is 1. The molecule has 1 fully saturated rings. The van der Waals surface area contributed by atoms with Crippen LogP contribution < -0.4 is 9.47 Å². The molecule has 5 rings (SSSR count). The van der Waals surface area contributed by atoms with Crippen molar-refractivity contribution >= 4 is 10.8 Å². The van der Waals surface area contributed by atoms with Crippen molar-refractivity contribution in [2.75, 3.05) is 33.4 Å². The predicted molar refractivity (Wildman–Crippen MR) is 155 cm³/mol. The van der Waals surface area contributed by atoms with Gasteiger partial charge in [0.2, 0.25) is 0 Å². The van der Waals surface area contributed by atoms with Gasteiger partial charge in [0, 0.05) is 6.54 Å². The van der Waals surface area contributed by atoms with Gasteiger partial charge in [-0.2, -0.15) is 0 Å². The number of aryl methyl sites for hydroxylation is 1. The molecule has 0 aromatic heterocycles. The van der Waals surface area contributed by atoms with Crippen molar-refractivity contribution in [3.8, 4) is 22.6 Å². The van der Waals surface area contributed by atoms with Crippen LogP contribution in [0.1, 0.15) is 48.4 Å². The molecule has 0 N–H and O–H groups in total. The molecule has 192 valence electrons. The monoisotopic (exact) mass is 493 g/mol. The zero-order valence-corrected chi connectivity index (χ0v) is 22.6. The van der Waals surface area contributed by atoms with Crippen LogP contribution in [0.2, 0.25) is 0 Å². The van der Waals surface area contributed by atoms with Crippen molar-refractivity contribution < 1.29 is 9.47 Å².